The molecule has 26 heavy (non-hydrogen) atoms. The number of ether oxygens (including phenoxy) is 3. The summed E-state index contributed by atoms with van der Waals surface area (Å²) < 4.78 is 16.1. The fourth-order valence-electron chi connectivity index (χ4n) is 2.26. The summed E-state index contributed by atoms with van der Waals surface area (Å²) in [5, 5.41) is 14.5. The molecule has 0 aliphatic rings. The Morgan fingerprint density at radius 3 is 2.50 bits per heavy atom. The number of nitro benzene ring substituents is 1. The SMILES string of the molecule is COCCNCc1cc(OC)c(OCc2ccc([N+](=O)[O-])cc2)cc1Cl. The van der Waals surface area contributed by atoms with Crippen LogP contribution in [0.2, 0.25) is 5.02 Å². The summed E-state index contributed by atoms with van der Waals surface area (Å²) in [7, 11) is 3.21. The number of methoxy groups -OCH3 is 2. The van der Waals surface area contributed by atoms with Crippen LogP contribution in [0.4, 0.5) is 5.69 Å². The van der Waals surface area contributed by atoms with Crippen molar-refractivity contribution in [3.8, 4) is 11.5 Å². The van der Waals surface area contributed by atoms with Crippen LogP contribution in [0.25, 0.3) is 0 Å². The van der Waals surface area contributed by atoms with E-state index in [2.05, 4.69) is 5.32 Å². The fourth-order valence-corrected chi connectivity index (χ4v) is 2.48. The molecule has 0 radical (unpaired) electrons. The van der Waals surface area contributed by atoms with Gasteiger partial charge in [-0.05, 0) is 29.3 Å². The molecule has 2 rings (SSSR count). The molecule has 0 atom stereocenters. The first kappa shape index (κ1) is 20.0. The molecular weight excluding hydrogens is 360 g/mol. The van der Waals surface area contributed by atoms with Crippen molar-refractivity contribution in [3.05, 3.63) is 62.7 Å². The van der Waals surface area contributed by atoms with E-state index in [0.29, 0.717) is 36.2 Å². The summed E-state index contributed by atoms with van der Waals surface area (Å²) in [4.78, 5) is 10.2. The van der Waals surface area contributed by atoms with E-state index < -0.39 is 4.92 Å². The second kappa shape index (κ2) is 9.96. The van der Waals surface area contributed by atoms with E-state index in [-0.39, 0.29) is 12.3 Å². The standard InChI is InChI=1S/C18H21ClN2O5/c1-24-8-7-20-11-14-9-17(25-2)18(10-16(14)19)26-12-13-3-5-15(6-4-13)21(22)23/h3-6,9-10,20H,7-8,11-12H2,1-2H3. The van der Waals surface area contributed by atoms with Gasteiger partial charge in [0.05, 0.1) is 18.6 Å². The van der Waals surface area contributed by atoms with E-state index in [4.69, 9.17) is 25.8 Å². The van der Waals surface area contributed by atoms with Gasteiger partial charge in [-0.1, -0.05) is 11.6 Å². The Balaban J connectivity index is 2.04. The van der Waals surface area contributed by atoms with Crippen LogP contribution in [0.1, 0.15) is 11.1 Å². The predicted molar refractivity (Wildman–Crippen MR) is 99.0 cm³/mol. The summed E-state index contributed by atoms with van der Waals surface area (Å²) in [6.07, 6.45) is 0. The summed E-state index contributed by atoms with van der Waals surface area (Å²) in [5.74, 6) is 1.08. The number of halogens is 1. The zero-order valence-electron chi connectivity index (χ0n) is 14.7. The number of hydrogen-bond donors (Lipinski definition) is 1. The van der Waals surface area contributed by atoms with Gasteiger partial charge in [0.25, 0.3) is 5.69 Å². The third kappa shape index (κ3) is 5.59. The van der Waals surface area contributed by atoms with Gasteiger partial charge in [-0.2, -0.15) is 0 Å². The Labute approximate surface area is 157 Å². The Morgan fingerprint density at radius 1 is 1.15 bits per heavy atom. The zero-order chi connectivity index (χ0) is 18.9. The quantitative estimate of drug-likeness (QED) is 0.385. The first-order chi connectivity index (χ1) is 12.5. The molecule has 7 nitrogen and oxygen atoms in total. The van der Waals surface area contributed by atoms with Crippen molar-refractivity contribution in [2.24, 2.45) is 0 Å². The number of nitrogens with zero attached hydrogens (tertiary/aromatic N) is 1. The second-order valence-electron chi connectivity index (χ2n) is 5.48. The van der Waals surface area contributed by atoms with Crippen LogP contribution in [0.15, 0.2) is 36.4 Å². The van der Waals surface area contributed by atoms with Crippen LogP contribution in [-0.2, 0) is 17.9 Å². The lowest BCUT2D eigenvalue weighted by molar-refractivity contribution is -0.384. The highest BCUT2D eigenvalue weighted by molar-refractivity contribution is 6.31. The van der Waals surface area contributed by atoms with Crippen LogP contribution >= 0.6 is 11.6 Å². The molecule has 0 fully saturated rings. The Bertz CT molecular complexity index is 737. The molecule has 0 amide bonds. The summed E-state index contributed by atoms with van der Waals surface area (Å²) >= 11 is 6.33. The van der Waals surface area contributed by atoms with Crippen molar-refractivity contribution in [2.75, 3.05) is 27.4 Å². The van der Waals surface area contributed by atoms with E-state index in [1.165, 1.54) is 12.1 Å². The van der Waals surface area contributed by atoms with E-state index in [1.54, 1.807) is 32.4 Å². The Hall–Kier alpha value is -2.35. The van der Waals surface area contributed by atoms with Crippen molar-refractivity contribution in [3.63, 3.8) is 0 Å². The van der Waals surface area contributed by atoms with Crippen LogP contribution in [0.3, 0.4) is 0 Å². The van der Waals surface area contributed by atoms with Gasteiger partial charge in [0.2, 0.25) is 0 Å². The number of benzene rings is 2. The minimum Gasteiger partial charge on any atom is -0.493 e. The van der Waals surface area contributed by atoms with Crippen molar-refractivity contribution in [2.45, 2.75) is 13.2 Å². The maximum absolute atomic E-state index is 10.7. The molecular formula is C18H21ClN2O5. The molecule has 2 aromatic carbocycles. The number of hydrogen-bond acceptors (Lipinski definition) is 6. The first-order valence-electron chi connectivity index (χ1n) is 7.97. The summed E-state index contributed by atoms with van der Waals surface area (Å²) in [6.45, 7) is 2.16. The lowest BCUT2D eigenvalue weighted by atomic mass is 10.2. The van der Waals surface area contributed by atoms with E-state index in [0.717, 1.165) is 11.1 Å². The average Bonchev–Trinajstić information content (AvgIpc) is 2.65. The summed E-state index contributed by atoms with van der Waals surface area (Å²) in [6, 6.07) is 9.72. The highest BCUT2D eigenvalue weighted by Crippen LogP contribution is 2.34. The van der Waals surface area contributed by atoms with Gasteiger partial charge in [0.1, 0.15) is 6.61 Å². The first-order valence-corrected chi connectivity index (χ1v) is 8.35. The molecule has 0 aliphatic heterocycles. The Kier molecular flexibility index (Phi) is 7.65. The predicted octanol–water partition coefficient (Wildman–Crippen LogP) is 3.57. The molecule has 0 spiro atoms. The molecule has 1 N–H and O–H groups in total. The van der Waals surface area contributed by atoms with Crippen LogP contribution in [0.5, 0.6) is 11.5 Å². The van der Waals surface area contributed by atoms with Crippen molar-refractivity contribution in [1.82, 2.24) is 5.32 Å². The van der Waals surface area contributed by atoms with Crippen LogP contribution in [-0.4, -0.2) is 32.3 Å². The molecule has 2 aromatic rings. The van der Waals surface area contributed by atoms with Crippen molar-refractivity contribution < 1.29 is 19.1 Å². The molecule has 0 bridgehead atoms. The number of nitrogens with one attached hydrogen (secondary N) is 1. The number of rotatable bonds is 10. The fraction of sp³-hybridized carbons (Fsp3) is 0.333. The molecule has 0 saturated heterocycles. The van der Waals surface area contributed by atoms with Gasteiger partial charge in [-0.15, -0.1) is 0 Å². The topological polar surface area (TPSA) is 82.9 Å². The lowest BCUT2D eigenvalue weighted by Gasteiger charge is -2.14. The zero-order valence-corrected chi connectivity index (χ0v) is 15.4. The largest absolute Gasteiger partial charge is 0.493 e. The summed E-state index contributed by atoms with van der Waals surface area (Å²) in [5.41, 5.74) is 1.74. The smallest absolute Gasteiger partial charge is 0.269 e. The number of non-ortho nitro benzene ring substituents is 1. The van der Waals surface area contributed by atoms with E-state index >= 15 is 0 Å². The molecule has 0 aliphatic carbocycles. The van der Waals surface area contributed by atoms with E-state index in [1.807, 2.05) is 6.07 Å². The van der Waals surface area contributed by atoms with Gasteiger partial charge in [-0.25, -0.2) is 0 Å². The minimum atomic E-state index is -0.438. The number of nitro groups is 1. The third-order valence-corrected chi connectivity index (χ3v) is 4.02. The highest BCUT2D eigenvalue weighted by Gasteiger charge is 2.11. The van der Waals surface area contributed by atoms with Crippen LogP contribution < -0.4 is 14.8 Å². The third-order valence-electron chi connectivity index (χ3n) is 3.67. The monoisotopic (exact) mass is 380 g/mol. The molecule has 8 heteroatoms. The van der Waals surface area contributed by atoms with Gasteiger partial charge in [0.15, 0.2) is 11.5 Å². The van der Waals surface area contributed by atoms with Crippen molar-refractivity contribution in [1.29, 1.82) is 0 Å². The van der Waals surface area contributed by atoms with Gasteiger partial charge < -0.3 is 19.5 Å². The molecule has 0 saturated carbocycles. The highest BCUT2D eigenvalue weighted by atomic mass is 35.5. The molecule has 140 valence electrons. The normalized spacial score (nSPS) is 10.6. The van der Waals surface area contributed by atoms with Gasteiger partial charge in [-0.3, -0.25) is 10.1 Å². The Morgan fingerprint density at radius 2 is 1.88 bits per heavy atom. The molecule has 0 heterocycles. The molecule has 0 unspecified atom stereocenters. The minimum absolute atomic E-state index is 0.0414. The van der Waals surface area contributed by atoms with Gasteiger partial charge >= 0.3 is 0 Å². The average molecular weight is 381 g/mol. The maximum Gasteiger partial charge on any atom is 0.269 e. The van der Waals surface area contributed by atoms with Gasteiger partial charge in [0, 0.05) is 43.4 Å². The second-order valence-corrected chi connectivity index (χ2v) is 5.88. The van der Waals surface area contributed by atoms with E-state index in [9.17, 15) is 10.1 Å². The van der Waals surface area contributed by atoms with Crippen LogP contribution in [0, 0.1) is 10.1 Å². The maximum atomic E-state index is 10.7. The van der Waals surface area contributed by atoms with Crippen molar-refractivity contribution >= 4 is 17.3 Å². The molecule has 0 aromatic heterocycles. The lowest BCUT2D eigenvalue weighted by Crippen LogP contribution is -2.18.